The van der Waals surface area contributed by atoms with Gasteiger partial charge in [-0.2, -0.15) is 0 Å². The highest BCUT2D eigenvalue weighted by Crippen LogP contribution is 2.12. The molecule has 0 unspecified atom stereocenters. The molecule has 0 aliphatic rings. The van der Waals surface area contributed by atoms with Gasteiger partial charge in [0.05, 0.1) is 5.56 Å². The summed E-state index contributed by atoms with van der Waals surface area (Å²) in [5.74, 6) is -0.921. The van der Waals surface area contributed by atoms with Crippen LogP contribution in [0.15, 0.2) is 48.5 Å². The van der Waals surface area contributed by atoms with Crippen molar-refractivity contribution in [3.05, 3.63) is 65.5 Å². The first-order chi connectivity index (χ1) is 10.0. The summed E-state index contributed by atoms with van der Waals surface area (Å²) in [6.07, 6.45) is 0. The number of nitrogens with two attached hydrogens (primary N) is 1. The summed E-state index contributed by atoms with van der Waals surface area (Å²) < 4.78 is 18.1. The summed E-state index contributed by atoms with van der Waals surface area (Å²) >= 11 is 0. The number of urea groups is 1. The SMILES string of the molecule is NC(=O)Nc1ccc(C(=O)OCc2cccc(F)c2)cc1. The number of primary amides is 1. The number of benzene rings is 2. The molecule has 2 amide bonds. The van der Waals surface area contributed by atoms with Crippen molar-refractivity contribution in [2.24, 2.45) is 5.73 Å². The molecule has 0 bridgehead atoms. The van der Waals surface area contributed by atoms with Gasteiger partial charge in [-0.05, 0) is 42.0 Å². The van der Waals surface area contributed by atoms with Gasteiger partial charge in [-0.1, -0.05) is 12.1 Å². The van der Waals surface area contributed by atoms with E-state index in [0.29, 0.717) is 16.8 Å². The molecule has 0 aliphatic heterocycles. The molecule has 0 saturated carbocycles. The zero-order chi connectivity index (χ0) is 15.2. The van der Waals surface area contributed by atoms with Crippen LogP contribution in [0.2, 0.25) is 0 Å². The molecular weight excluding hydrogens is 275 g/mol. The highest BCUT2D eigenvalue weighted by molar-refractivity contribution is 5.91. The lowest BCUT2D eigenvalue weighted by Gasteiger charge is -2.06. The molecule has 0 saturated heterocycles. The third kappa shape index (κ3) is 4.31. The number of nitrogens with one attached hydrogen (secondary N) is 1. The average molecular weight is 288 g/mol. The number of carbonyl (C=O) groups excluding carboxylic acids is 2. The normalized spacial score (nSPS) is 9.95. The molecule has 6 heteroatoms. The highest BCUT2D eigenvalue weighted by atomic mass is 19.1. The molecule has 0 atom stereocenters. The number of ether oxygens (including phenoxy) is 1. The van der Waals surface area contributed by atoms with Crippen LogP contribution >= 0.6 is 0 Å². The molecule has 0 aliphatic carbocycles. The van der Waals surface area contributed by atoms with Crippen molar-refractivity contribution in [2.75, 3.05) is 5.32 Å². The molecule has 0 aromatic heterocycles. The monoisotopic (exact) mass is 288 g/mol. The summed E-state index contributed by atoms with van der Waals surface area (Å²) in [5.41, 5.74) is 6.34. The molecule has 0 heterocycles. The first-order valence-corrected chi connectivity index (χ1v) is 6.12. The van der Waals surface area contributed by atoms with Crippen molar-refractivity contribution in [2.45, 2.75) is 6.61 Å². The van der Waals surface area contributed by atoms with Crippen molar-refractivity contribution in [1.29, 1.82) is 0 Å². The van der Waals surface area contributed by atoms with Gasteiger partial charge in [0.15, 0.2) is 0 Å². The van der Waals surface area contributed by atoms with Crippen molar-refractivity contribution < 1.29 is 18.7 Å². The van der Waals surface area contributed by atoms with Gasteiger partial charge in [-0.3, -0.25) is 0 Å². The molecule has 0 radical (unpaired) electrons. The lowest BCUT2D eigenvalue weighted by Crippen LogP contribution is -2.19. The van der Waals surface area contributed by atoms with Crippen LogP contribution in [-0.2, 0) is 11.3 Å². The van der Waals surface area contributed by atoms with Crippen molar-refractivity contribution in [3.8, 4) is 0 Å². The van der Waals surface area contributed by atoms with E-state index in [1.807, 2.05) is 0 Å². The van der Waals surface area contributed by atoms with Gasteiger partial charge in [0.1, 0.15) is 12.4 Å². The fourth-order valence-electron chi connectivity index (χ4n) is 1.69. The van der Waals surface area contributed by atoms with Gasteiger partial charge in [-0.25, -0.2) is 14.0 Å². The maximum Gasteiger partial charge on any atom is 0.338 e. The standard InChI is InChI=1S/C15H13FN2O3/c16-12-3-1-2-10(8-12)9-21-14(19)11-4-6-13(7-5-11)18-15(17)20/h1-8H,9H2,(H3,17,18,20). The average Bonchev–Trinajstić information content (AvgIpc) is 2.45. The number of halogens is 1. The fourth-order valence-corrected chi connectivity index (χ4v) is 1.69. The first-order valence-electron chi connectivity index (χ1n) is 6.12. The Balaban J connectivity index is 1.95. The van der Waals surface area contributed by atoms with E-state index in [2.05, 4.69) is 5.32 Å². The lowest BCUT2D eigenvalue weighted by molar-refractivity contribution is 0.0472. The molecule has 2 aromatic rings. The third-order valence-corrected chi connectivity index (χ3v) is 2.65. The number of amides is 2. The Morgan fingerprint density at radius 3 is 2.48 bits per heavy atom. The van der Waals surface area contributed by atoms with Crippen molar-refractivity contribution >= 4 is 17.7 Å². The van der Waals surface area contributed by atoms with Crippen molar-refractivity contribution in [1.82, 2.24) is 0 Å². The van der Waals surface area contributed by atoms with E-state index < -0.39 is 12.0 Å². The molecule has 0 spiro atoms. The zero-order valence-electron chi connectivity index (χ0n) is 11.0. The maximum absolute atomic E-state index is 13.0. The van der Waals surface area contributed by atoms with E-state index >= 15 is 0 Å². The third-order valence-electron chi connectivity index (χ3n) is 2.65. The quantitative estimate of drug-likeness (QED) is 0.849. The number of anilines is 1. The van der Waals surface area contributed by atoms with E-state index in [4.69, 9.17) is 10.5 Å². The number of hydrogen-bond acceptors (Lipinski definition) is 3. The predicted octanol–water partition coefficient (Wildman–Crippen LogP) is 2.67. The number of esters is 1. The number of carbonyl (C=O) groups is 2. The molecule has 3 N–H and O–H groups in total. The molecule has 5 nitrogen and oxygen atoms in total. The summed E-state index contributed by atoms with van der Waals surface area (Å²) in [7, 11) is 0. The van der Waals surface area contributed by atoms with Gasteiger partial charge >= 0.3 is 12.0 Å². The Kier molecular flexibility index (Phi) is 4.50. The Labute approximate surface area is 120 Å². The second kappa shape index (κ2) is 6.51. The Bertz CT molecular complexity index is 656. The molecule has 0 fully saturated rings. The minimum atomic E-state index is -0.684. The second-order valence-electron chi connectivity index (χ2n) is 4.27. The summed E-state index contributed by atoms with van der Waals surface area (Å²) in [4.78, 5) is 22.5. The summed E-state index contributed by atoms with van der Waals surface area (Å²) in [5, 5.41) is 2.38. The fraction of sp³-hybridized carbons (Fsp3) is 0.0667. The minimum absolute atomic E-state index is 0.0160. The smallest absolute Gasteiger partial charge is 0.338 e. The van der Waals surface area contributed by atoms with E-state index in [-0.39, 0.29) is 12.4 Å². The van der Waals surface area contributed by atoms with Gasteiger partial charge < -0.3 is 15.8 Å². The van der Waals surface area contributed by atoms with E-state index in [1.165, 1.54) is 36.4 Å². The molecule has 2 rings (SSSR count). The minimum Gasteiger partial charge on any atom is -0.457 e. The second-order valence-corrected chi connectivity index (χ2v) is 4.27. The van der Waals surface area contributed by atoms with Crippen LogP contribution in [0.4, 0.5) is 14.9 Å². The van der Waals surface area contributed by atoms with Gasteiger partial charge in [0.25, 0.3) is 0 Å². The van der Waals surface area contributed by atoms with E-state index in [0.717, 1.165) is 0 Å². The molecular formula is C15H13FN2O3. The van der Waals surface area contributed by atoms with Crippen LogP contribution in [0.3, 0.4) is 0 Å². The van der Waals surface area contributed by atoms with Gasteiger partial charge in [-0.15, -0.1) is 0 Å². The Hall–Kier alpha value is -2.89. The first kappa shape index (κ1) is 14.5. The number of hydrogen-bond donors (Lipinski definition) is 2. The Morgan fingerprint density at radius 2 is 1.86 bits per heavy atom. The molecule has 21 heavy (non-hydrogen) atoms. The topological polar surface area (TPSA) is 81.4 Å². The van der Waals surface area contributed by atoms with Gasteiger partial charge in [0.2, 0.25) is 0 Å². The Morgan fingerprint density at radius 1 is 1.14 bits per heavy atom. The van der Waals surface area contributed by atoms with E-state index in [1.54, 1.807) is 12.1 Å². The van der Waals surface area contributed by atoms with Crippen LogP contribution < -0.4 is 11.1 Å². The maximum atomic E-state index is 13.0. The molecule has 108 valence electrons. The summed E-state index contributed by atoms with van der Waals surface area (Å²) in [6, 6.07) is 11.2. The number of rotatable bonds is 4. The van der Waals surface area contributed by atoms with Crippen LogP contribution in [0.25, 0.3) is 0 Å². The van der Waals surface area contributed by atoms with Crippen LogP contribution in [-0.4, -0.2) is 12.0 Å². The van der Waals surface area contributed by atoms with Crippen molar-refractivity contribution in [3.63, 3.8) is 0 Å². The lowest BCUT2D eigenvalue weighted by atomic mass is 10.2. The van der Waals surface area contributed by atoms with Crippen LogP contribution in [0, 0.1) is 5.82 Å². The predicted molar refractivity (Wildman–Crippen MR) is 75.2 cm³/mol. The molecule has 2 aromatic carbocycles. The summed E-state index contributed by atoms with van der Waals surface area (Å²) in [6.45, 7) is -0.0160. The zero-order valence-corrected chi connectivity index (χ0v) is 11.0. The van der Waals surface area contributed by atoms with Crippen LogP contribution in [0.1, 0.15) is 15.9 Å². The van der Waals surface area contributed by atoms with Gasteiger partial charge in [0, 0.05) is 5.69 Å². The van der Waals surface area contributed by atoms with Crippen LogP contribution in [0.5, 0.6) is 0 Å². The highest BCUT2D eigenvalue weighted by Gasteiger charge is 2.08. The largest absolute Gasteiger partial charge is 0.457 e. The van der Waals surface area contributed by atoms with E-state index in [9.17, 15) is 14.0 Å².